The fourth-order valence-electron chi connectivity index (χ4n) is 4.03. The Balaban J connectivity index is 0.00000109. The maximum Gasteiger partial charge on any atom is 0.158 e. The molecule has 2 aromatic heterocycles. The van der Waals surface area contributed by atoms with Crippen LogP contribution in [0.15, 0.2) is 28.4 Å². The van der Waals surface area contributed by atoms with Gasteiger partial charge in [0.15, 0.2) is 5.82 Å². The molecule has 0 radical (unpaired) electrons. The maximum absolute atomic E-state index is 7.00. The van der Waals surface area contributed by atoms with Gasteiger partial charge in [0.05, 0.1) is 11.2 Å². The minimum atomic E-state index is 0.272. The Kier molecular flexibility index (Phi) is 7.25. The van der Waals surface area contributed by atoms with E-state index in [1.165, 1.54) is 50.3 Å². The quantitative estimate of drug-likeness (QED) is 0.668. The van der Waals surface area contributed by atoms with Gasteiger partial charge in [0, 0.05) is 31.3 Å². The summed E-state index contributed by atoms with van der Waals surface area (Å²) < 4.78 is 0. The van der Waals surface area contributed by atoms with Crippen molar-refractivity contribution in [1.82, 2.24) is 15.0 Å². The van der Waals surface area contributed by atoms with Crippen LogP contribution in [0.2, 0.25) is 10.2 Å². The van der Waals surface area contributed by atoms with Gasteiger partial charge in [-0.25, -0.2) is 15.0 Å². The van der Waals surface area contributed by atoms with Gasteiger partial charge in [-0.2, -0.15) is 0 Å². The number of aliphatic hydroxyl groups excluding tert-OH is 1. The van der Waals surface area contributed by atoms with Gasteiger partial charge in [0.2, 0.25) is 0 Å². The first-order valence-electron chi connectivity index (χ1n) is 9.36. The molecule has 3 N–H and O–H groups in total. The fourth-order valence-corrected chi connectivity index (χ4v) is 5.25. The highest BCUT2D eigenvalue weighted by Crippen LogP contribution is 2.46. The number of anilines is 2. The highest BCUT2D eigenvalue weighted by Gasteiger charge is 2.37. The molecule has 1 spiro atoms. The number of nitrogens with zero attached hydrogens (tertiary/aromatic N) is 4. The van der Waals surface area contributed by atoms with Crippen LogP contribution in [0, 0.1) is 5.41 Å². The van der Waals surface area contributed by atoms with Crippen LogP contribution in [0.4, 0.5) is 11.6 Å². The molecule has 0 atom stereocenters. The standard InChI is InChI=1S/C18H21Cl2N5S.CH4O/c19-14-12(3-8-22-15(14)20)26-17-16(21)24-13(11-23-17)25-9-6-18(7-10-25)4-1-2-5-18;1-2/h3,8,11H,1-2,4-7,9-10H2,(H2,21,24);2H,1H3. The van der Waals surface area contributed by atoms with E-state index in [1.807, 2.05) is 6.20 Å². The summed E-state index contributed by atoms with van der Waals surface area (Å²) in [5.74, 6) is 1.27. The van der Waals surface area contributed by atoms with Crippen molar-refractivity contribution in [2.75, 3.05) is 30.8 Å². The Bertz CT molecular complexity index is 807. The van der Waals surface area contributed by atoms with Crippen LogP contribution in [0.3, 0.4) is 0 Å². The van der Waals surface area contributed by atoms with E-state index in [4.69, 9.17) is 34.0 Å². The first-order chi connectivity index (χ1) is 13.6. The number of hydrogen-bond acceptors (Lipinski definition) is 7. The average Bonchev–Trinajstić information content (AvgIpc) is 3.17. The van der Waals surface area contributed by atoms with Crippen molar-refractivity contribution in [3.63, 3.8) is 0 Å². The predicted octanol–water partition coefficient (Wildman–Crippen LogP) is 4.68. The van der Waals surface area contributed by atoms with Crippen LogP contribution in [-0.4, -0.2) is 40.3 Å². The molecule has 0 aromatic carbocycles. The summed E-state index contributed by atoms with van der Waals surface area (Å²) in [7, 11) is 1.00. The van der Waals surface area contributed by atoms with Crippen molar-refractivity contribution in [3.8, 4) is 0 Å². The molecular formula is C19H25Cl2N5OS. The lowest BCUT2D eigenvalue weighted by Gasteiger charge is -2.39. The predicted molar refractivity (Wildman–Crippen MR) is 115 cm³/mol. The summed E-state index contributed by atoms with van der Waals surface area (Å²) in [5, 5.41) is 8.30. The highest BCUT2D eigenvalue weighted by atomic mass is 35.5. The lowest BCUT2D eigenvalue weighted by atomic mass is 9.77. The molecule has 1 aliphatic carbocycles. The molecule has 1 aliphatic heterocycles. The lowest BCUT2D eigenvalue weighted by molar-refractivity contribution is 0.226. The van der Waals surface area contributed by atoms with Crippen LogP contribution < -0.4 is 10.6 Å². The molecule has 0 amide bonds. The van der Waals surface area contributed by atoms with Crippen LogP contribution in [0.1, 0.15) is 38.5 Å². The van der Waals surface area contributed by atoms with E-state index in [0.29, 0.717) is 21.3 Å². The molecule has 3 heterocycles. The highest BCUT2D eigenvalue weighted by molar-refractivity contribution is 7.99. The number of aliphatic hydroxyl groups is 1. The Morgan fingerprint density at radius 3 is 2.43 bits per heavy atom. The zero-order valence-electron chi connectivity index (χ0n) is 15.9. The lowest BCUT2D eigenvalue weighted by Crippen LogP contribution is -2.39. The summed E-state index contributed by atoms with van der Waals surface area (Å²) >= 11 is 13.5. The van der Waals surface area contributed by atoms with Gasteiger partial charge in [0.25, 0.3) is 0 Å². The van der Waals surface area contributed by atoms with E-state index in [9.17, 15) is 0 Å². The molecule has 6 nitrogen and oxygen atoms in total. The summed E-state index contributed by atoms with van der Waals surface area (Å²) in [5.41, 5.74) is 6.75. The van der Waals surface area contributed by atoms with Gasteiger partial charge in [-0.1, -0.05) is 47.8 Å². The van der Waals surface area contributed by atoms with Crippen molar-refractivity contribution in [2.24, 2.45) is 5.41 Å². The zero-order chi connectivity index (χ0) is 20.1. The van der Waals surface area contributed by atoms with Crippen LogP contribution >= 0.6 is 35.0 Å². The van der Waals surface area contributed by atoms with Crippen molar-refractivity contribution in [1.29, 1.82) is 0 Å². The summed E-state index contributed by atoms with van der Waals surface area (Å²) in [6, 6.07) is 1.79. The smallest absolute Gasteiger partial charge is 0.158 e. The van der Waals surface area contributed by atoms with Gasteiger partial charge in [-0.3, -0.25) is 0 Å². The van der Waals surface area contributed by atoms with Crippen LogP contribution in [0.5, 0.6) is 0 Å². The monoisotopic (exact) mass is 441 g/mol. The second kappa shape index (κ2) is 9.48. The SMILES string of the molecule is CO.Nc1nc(N2CCC3(CCCC3)CC2)cnc1Sc1ccnc(Cl)c1Cl. The van der Waals surface area contributed by atoms with Crippen molar-refractivity contribution in [3.05, 3.63) is 28.6 Å². The normalized spacial score (nSPS) is 18.1. The van der Waals surface area contributed by atoms with Crippen molar-refractivity contribution in [2.45, 2.75) is 48.4 Å². The number of nitrogens with two attached hydrogens (primary N) is 1. The summed E-state index contributed by atoms with van der Waals surface area (Å²) in [6.45, 7) is 2.07. The first kappa shape index (κ1) is 21.4. The molecule has 28 heavy (non-hydrogen) atoms. The largest absolute Gasteiger partial charge is 0.400 e. The third kappa shape index (κ3) is 4.64. The van der Waals surface area contributed by atoms with Gasteiger partial charge >= 0.3 is 0 Å². The second-order valence-electron chi connectivity index (χ2n) is 7.13. The number of halogens is 2. The van der Waals surface area contributed by atoms with E-state index < -0.39 is 0 Å². The zero-order valence-corrected chi connectivity index (χ0v) is 18.2. The van der Waals surface area contributed by atoms with E-state index in [-0.39, 0.29) is 5.15 Å². The first-order valence-corrected chi connectivity index (χ1v) is 10.9. The number of piperidine rings is 1. The van der Waals surface area contributed by atoms with Gasteiger partial charge in [-0.05, 0) is 37.2 Å². The second-order valence-corrected chi connectivity index (χ2v) is 8.90. The molecule has 0 unspecified atom stereocenters. The minimum absolute atomic E-state index is 0.272. The molecule has 2 aromatic rings. The number of nitrogen functional groups attached to an aromatic ring is 1. The minimum Gasteiger partial charge on any atom is -0.400 e. The maximum atomic E-state index is 7.00. The molecule has 1 saturated heterocycles. The van der Waals surface area contributed by atoms with E-state index in [2.05, 4.69) is 19.9 Å². The Hall–Kier alpha value is -1.28. The third-order valence-corrected chi connectivity index (χ3v) is 7.53. The molecule has 1 saturated carbocycles. The van der Waals surface area contributed by atoms with Crippen LogP contribution in [-0.2, 0) is 0 Å². The number of aromatic nitrogens is 3. The Morgan fingerprint density at radius 1 is 1.11 bits per heavy atom. The van der Waals surface area contributed by atoms with Gasteiger partial charge < -0.3 is 15.7 Å². The molecule has 9 heteroatoms. The molecule has 0 bridgehead atoms. The van der Waals surface area contributed by atoms with Crippen molar-refractivity contribution < 1.29 is 5.11 Å². The topological polar surface area (TPSA) is 88.2 Å². The van der Waals surface area contributed by atoms with E-state index in [1.54, 1.807) is 12.3 Å². The fraction of sp³-hybridized carbons (Fsp3) is 0.526. The third-order valence-electron chi connectivity index (χ3n) is 5.58. The Labute approximate surface area is 179 Å². The average molecular weight is 442 g/mol. The van der Waals surface area contributed by atoms with Gasteiger partial charge in [-0.15, -0.1) is 0 Å². The van der Waals surface area contributed by atoms with Crippen LogP contribution in [0.25, 0.3) is 0 Å². The molecule has 2 fully saturated rings. The molecule has 2 aliphatic rings. The Morgan fingerprint density at radius 2 is 1.79 bits per heavy atom. The van der Waals surface area contributed by atoms with Gasteiger partial charge in [0.1, 0.15) is 16.0 Å². The summed E-state index contributed by atoms with van der Waals surface area (Å²) in [4.78, 5) is 16.1. The van der Waals surface area contributed by atoms with Crippen molar-refractivity contribution >= 4 is 46.6 Å². The van der Waals surface area contributed by atoms with E-state index in [0.717, 1.165) is 30.9 Å². The van der Waals surface area contributed by atoms with E-state index >= 15 is 0 Å². The number of pyridine rings is 1. The molecule has 152 valence electrons. The number of hydrogen-bond donors (Lipinski definition) is 2. The molecular weight excluding hydrogens is 417 g/mol. The summed E-state index contributed by atoms with van der Waals surface area (Å²) in [6.07, 6.45) is 11.5. The molecule has 4 rings (SSSR count). The number of rotatable bonds is 3.